The SMILES string of the molecule is O=C1NCc2nc(Nc3cc(N[C@H](CO)c4ccccc4)c(-c4nc(-c5cccnc5)no4)cn3)ncc21. The van der Waals surface area contributed by atoms with Gasteiger partial charge in [0.2, 0.25) is 11.8 Å². The second kappa shape index (κ2) is 10.0. The molecule has 4 N–H and O–H groups in total. The number of aliphatic hydroxyl groups is 1. The summed E-state index contributed by atoms with van der Waals surface area (Å²) in [6.07, 6.45) is 6.38. The summed E-state index contributed by atoms with van der Waals surface area (Å²) in [6, 6.07) is 14.5. The van der Waals surface area contributed by atoms with Crippen LogP contribution in [0.1, 0.15) is 27.7 Å². The summed E-state index contributed by atoms with van der Waals surface area (Å²) >= 11 is 0. The van der Waals surface area contributed by atoms with Crippen LogP contribution in [0, 0.1) is 0 Å². The second-order valence-corrected chi connectivity index (χ2v) is 8.43. The number of anilines is 3. The van der Waals surface area contributed by atoms with Gasteiger partial charge in [-0.2, -0.15) is 4.98 Å². The molecule has 1 amide bonds. The number of carbonyl (C=O) groups is 1. The van der Waals surface area contributed by atoms with E-state index in [4.69, 9.17) is 4.52 Å². The van der Waals surface area contributed by atoms with Gasteiger partial charge in [-0.3, -0.25) is 9.78 Å². The highest BCUT2D eigenvalue weighted by Crippen LogP contribution is 2.33. The highest BCUT2D eigenvalue weighted by molar-refractivity contribution is 5.97. The van der Waals surface area contributed by atoms with E-state index in [9.17, 15) is 9.90 Å². The number of rotatable bonds is 8. The van der Waals surface area contributed by atoms with Gasteiger partial charge in [-0.05, 0) is 17.7 Å². The van der Waals surface area contributed by atoms with Gasteiger partial charge in [-0.1, -0.05) is 35.5 Å². The first-order chi connectivity index (χ1) is 18.7. The van der Waals surface area contributed by atoms with Crippen molar-refractivity contribution in [2.24, 2.45) is 0 Å². The molecule has 0 saturated carbocycles. The van der Waals surface area contributed by atoms with Gasteiger partial charge in [0.15, 0.2) is 0 Å². The predicted molar refractivity (Wildman–Crippen MR) is 137 cm³/mol. The summed E-state index contributed by atoms with van der Waals surface area (Å²) in [7, 11) is 0. The molecule has 5 heterocycles. The zero-order valence-electron chi connectivity index (χ0n) is 19.9. The first kappa shape index (κ1) is 23.2. The van der Waals surface area contributed by atoms with Gasteiger partial charge >= 0.3 is 0 Å². The van der Waals surface area contributed by atoms with E-state index in [0.29, 0.717) is 52.2 Å². The summed E-state index contributed by atoms with van der Waals surface area (Å²) in [5.74, 6) is 1.17. The molecule has 0 spiro atoms. The van der Waals surface area contributed by atoms with Crippen LogP contribution in [0.15, 0.2) is 77.8 Å². The number of fused-ring (bicyclic) bond motifs is 1. The molecule has 4 aromatic heterocycles. The normalized spacial score (nSPS) is 13.0. The van der Waals surface area contributed by atoms with Crippen LogP contribution >= 0.6 is 0 Å². The molecule has 0 radical (unpaired) electrons. The number of amides is 1. The van der Waals surface area contributed by atoms with Gasteiger partial charge in [-0.15, -0.1) is 0 Å². The fraction of sp³-hybridized carbons (Fsp3) is 0.115. The lowest BCUT2D eigenvalue weighted by Crippen LogP contribution is -2.15. The van der Waals surface area contributed by atoms with Gasteiger partial charge in [0, 0.05) is 36.4 Å². The number of hydrogen-bond acceptors (Lipinski definition) is 11. The smallest absolute Gasteiger partial charge is 0.261 e. The van der Waals surface area contributed by atoms with Crippen molar-refractivity contribution < 1.29 is 14.4 Å². The number of nitrogens with one attached hydrogen (secondary N) is 3. The zero-order valence-corrected chi connectivity index (χ0v) is 19.9. The number of carbonyl (C=O) groups excluding carboxylic acids is 1. The topological polar surface area (TPSA) is 164 Å². The minimum absolute atomic E-state index is 0.158. The number of pyridine rings is 2. The molecule has 5 aromatic rings. The zero-order chi connectivity index (χ0) is 25.9. The van der Waals surface area contributed by atoms with Gasteiger partial charge in [-0.25, -0.2) is 15.0 Å². The van der Waals surface area contributed by atoms with Crippen molar-refractivity contribution in [3.63, 3.8) is 0 Å². The third kappa shape index (κ3) is 4.63. The third-order valence-electron chi connectivity index (χ3n) is 5.96. The van der Waals surface area contributed by atoms with Crippen LogP contribution in [0.2, 0.25) is 0 Å². The quantitative estimate of drug-likeness (QED) is 0.244. The highest BCUT2D eigenvalue weighted by Gasteiger charge is 2.22. The number of aliphatic hydroxyl groups excluding tert-OH is 1. The summed E-state index contributed by atoms with van der Waals surface area (Å²) in [5.41, 5.74) is 3.80. The van der Waals surface area contributed by atoms with Crippen molar-refractivity contribution in [1.82, 2.24) is 35.4 Å². The molecule has 1 aliphatic rings. The maximum atomic E-state index is 11.8. The second-order valence-electron chi connectivity index (χ2n) is 8.43. The Morgan fingerprint density at radius 3 is 2.71 bits per heavy atom. The number of aromatic nitrogens is 6. The highest BCUT2D eigenvalue weighted by atomic mass is 16.5. The molecule has 1 aromatic carbocycles. The average Bonchev–Trinajstić information content (AvgIpc) is 3.60. The molecule has 38 heavy (non-hydrogen) atoms. The Hall–Kier alpha value is -5.23. The van der Waals surface area contributed by atoms with E-state index in [1.54, 1.807) is 30.7 Å². The predicted octanol–water partition coefficient (Wildman–Crippen LogP) is 3.12. The molecule has 0 aliphatic carbocycles. The lowest BCUT2D eigenvalue weighted by atomic mass is 10.1. The summed E-state index contributed by atoms with van der Waals surface area (Å²) in [5, 5.41) is 23.4. The van der Waals surface area contributed by atoms with E-state index in [2.05, 4.69) is 46.0 Å². The molecule has 6 rings (SSSR count). The maximum absolute atomic E-state index is 11.8. The van der Waals surface area contributed by atoms with Crippen molar-refractivity contribution in [3.8, 4) is 22.8 Å². The van der Waals surface area contributed by atoms with E-state index in [-0.39, 0.29) is 18.4 Å². The molecule has 12 heteroatoms. The van der Waals surface area contributed by atoms with Gasteiger partial charge in [0.05, 0.1) is 41.7 Å². The Labute approximate surface area is 216 Å². The maximum Gasteiger partial charge on any atom is 0.261 e. The number of benzene rings is 1. The molecule has 1 atom stereocenters. The molecule has 1 aliphatic heterocycles. The molecule has 0 bridgehead atoms. The standard InChI is InChI=1S/C26H21N9O3/c36-14-21(15-5-2-1-3-6-15)31-19-9-22(33-26-30-11-17-20(32-26)13-29-24(17)37)28-12-18(19)25-34-23(35-38-25)16-7-4-8-27-10-16/h1-12,21,36H,13-14H2,(H,29,37)(H2,28,30,31,32,33)/t21-/m1/s1. The van der Waals surface area contributed by atoms with Crippen LogP contribution in [0.25, 0.3) is 22.8 Å². The number of hydrogen-bond donors (Lipinski definition) is 4. The Balaban J connectivity index is 1.35. The molecule has 0 unspecified atom stereocenters. The van der Waals surface area contributed by atoms with E-state index in [1.165, 1.54) is 6.20 Å². The Bertz CT molecular complexity index is 1590. The molecule has 0 fully saturated rings. The summed E-state index contributed by atoms with van der Waals surface area (Å²) in [4.78, 5) is 33.6. The van der Waals surface area contributed by atoms with Crippen molar-refractivity contribution in [3.05, 3.63) is 90.1 Å². The minimum Gasteiger partial charge on any atom is -0.394 e. The molecular formula is C26H21N9O3. The van der Waals surface area contributed by atoms with E-state index in [1.807, 2.05) is 36.4 Å². The third-order valence-corrected chi connectivity index (χ3v) is 5.96. The van der Waals surface area contributed by atoms with Crippen molar-refractivity contribution in [2.75, 3.05) is 17.2 Å². The van der Waals surface area contributed by atoms with Crippen LogP contribution in [-0.4, -0.2) is 47.7 Å². The van der Waals surface area contributed by atoms with Crippen molar-refractivity contribution in [1.29, 1.82) is 0 Å². The largest absolute Gasteiger partial charge is 0.394 e. The molecule has 0 saturated heterocycles. The van der Waals surface area contributed by atoms with Crippen LogP contribution in [0.5, 0.6) is 0 Å². The van der Waals surface area contributed by atoms with E-state index < -0.39 is 6.04 Å². The fourth-order valence-corrected chi connectivity index (χ4v) is 4.04. The Morgan fingerprint density at radius 1 is 1.03 bits per heavy atom. The molecule has 12 nitrogen and oxygen atoms in total. The Morgan fingerprint density at radius 2 is 1.89 bits per heavy atom. The van der Waals surface area contributed by atoms with Crippen molar-refractivity contribution in [2.45, 2.75) is 12.6 Å². The average molecular weight is 508 g/mol. The van der Waals surface area contributed by atoms with Crippen LogP contribution < -0.4 is 16.0 Å². The van der Waals surface area contributed by atoms with Gasteiger partial charge in [0.25, 0.3) is 11.8 Å². The lowest BCUT2D eigenvalue weighted by Gasteiger charge is -2.20. The van der Waals surface area contributed by atoms with E-state index >= 15 is 0 Å². The Kier molecular flexibility index (Phi) is 6.12. The fourth-order valence-electron chi connectivity index (χ4n) is 4.04. The van der Waals surface area contributed by atoms with Crippen molar-refractivity contribution >= 4 is 23.4 Å². The van der Waals surface area contributed by atoms with Crippen LogP contribution in [0.4, 0.5) is 17.5 Å². The summed E-state index contributed by atoms with van der Waals surface area (Å²) in [6.45, 7) is 0.185. The first-order valence-corrected chi connectivity index (χ1v) is 11.8. The lowest BCUT2D eigenvalue weighted by molar-refractivity contribution is 0.0965. The molecular weight excluding hydrogens is 486 g/mol. The van der Waals surface area contributed by atoms with Crippen LogP contribution in [-0.2, 0) is 6.54 Å². The minimum atomic E-state index is -0.417. The molecule has 188 valence electrons. The summed E-state index contributed by atoms with van der Waals surface area (Å²) < 4.78 is 5.57. The monoisotopic (exact) mass is 507 g/mol. The van der Waals surface area contributed by atoms with Crippen LogP contribution in [0.3, 0.4) is 0 Å². The van der Waals surface area contributed by atoms with E-state index in [0.717, 1.165) is 5.56 Å². The van der Waals surface area contributed by atoms with Gasteiger partial charge in [0.1, 0.15) is 5.82 Å². The van der Waals surface area contributed by atoms with Gasteiger partial charge < -0.3 is 25.6 Å². The first-order valence-electron chi connectivity index (χ1n) is 11.8. The number of nitrogens with zero attached hydrogens (tertiary/aromatic N) is 6.